The number of H-pyrrole nitrogens is 1. The highest BCUT2D eigenvalue weighted by Crippen LogP contribution is 2.39. The van der Waals surface area contributed by atoms with E-state index >= 15 is 0 Å². The molecule has 7 heteroatoms. The van der Waals surface area contributed by atoms with Gasteiger partial charge in [0, 0.05) is 12.5 Å². The van der Waals surface area contributed by atoms with Crippen LogP contribution in [0.2, 0.25) is 0 Å². The van der Waals surface area contributed by atoms with Crippen LogP contribution in [0.5, 0.6) is 17.4 Å². The standard InChI is InChI=1S/C22H20N2O5/c1-3-27-22(25)29-21-15(13-26-2)19-17(12-23-21)24-16-10-7-11-18(20(16)19)28-14-8-5-4-6-9-14/h4-12,24H,3,13H2,1-2H3. The van der Waals surface area contributed by atoms with Crippen molar-refractivity contribution in [3.05, 3.63) is 60.3 Å². The zero-order chi connectivity index (χ0) is 20.2. The Morgan fingerprint density at radius 3 is 2.62 bits per heavy atom. The van der Waals surface area contributed by atoms with Gasteiger partial charge in [-0.15, -0.1) is 0 Å². The number of aromatic nitrogens is 2. The van der Waals surface area contributed by atoms with Crippen LogP contribution in [0.25, 0.3) is 21.8 Å². The van der Waals surface area contributed by atoms with E-state index in [2.05, 4.69) is 9.97 Å². The van der Waals surface area contributed by atoms with Crippen LogP contribution in [0.15, 0.2) is 54.7 Å². The summed E-state index contributed by atoms with van der Waals surface area (Å²) in [6.45, 7) is 2.12. The maximum absolute atomic E-state index is 11.9. The number of aromatic amines is 1. The van der Waals surface area contributed by atoms with Crippen LogP contribution in [0.3, 0.4) is 0 Å². The highest BCUT2D eigenvalue weighted by Gasteiger charge is 2.20. The van der Waals surface area contributed by atoms with Gasteiger partial charge in [0.2, 0.25) is 5.88 Å². The number of nitrogens with zero attached hydrogens (tertiary/aromatic N) is 1. The molecule has 0 aliphatic carbocycles. The van der Waals surface area contributed by atoms with Gasteiger partial charge in [-0.2, -0.15) is 0 Å². The number of fused-ring (bicyclic) bond motifs is 3. The van der Waals surface area contributed by atoms with Gasteiger partial charge in [0.1, 0.15) is 11.5 Å². The number of rotatable bonds is 6. The molecule has 2 aromatic carbocycles. The number of para-hydroxylation sites is 1. The van der Waals surface area contributed by atoms with E-state index < -0.39 is 6.16 Å². The molecule has 0 unspecified atom stereocenters. The largest absolute Gasteiger partial charge is 0.515 e. The molecule has 29 heavy (non-hydrogen) atoms. The average Bonchev–Trinajstić information content (AvgIpc) is 3.11. The van der Waals surface area contributed by atoms with Gasteiger partial charge in [0.25, 0.3) is 0 Å². The molecule has 2 aromatic heterocycles. The van der Waals surface area contributed by atoms with Gasteiger partial charge in [-0.05, 0) is 31.2 Å². The first kappa shape index (κ1) is 18.8. The maximum Gasteiger partial charge on any atom is 0.515 e. The van der Waals surface area contributed by atoms with E-state index in [0.717, 1.165) is 27.6 Å². The van der Waals surface area contributed by atoms with Crippen LogP contribution in [-0.2, 0) is 16.1 Å². The van der Waals surface area contributed by atoms with Gasteiger partial charge in [0.05, 0.1) is 41.4 Å². The molecule has 0 fully saturated rings. The Kier molecular flexibility index (Phi) is 5.31. The van der Waals surface area contributed by atoms with Crippen molar-refractivity contribution in [1.82, 2.24) is 9.97 Å². The number of nitrogens with one attached hydrogen (secondary N) is 1. The zero-order valence-electron chi connectivity index (χ0n) is 16.1. The summed E-state index contributed by atoms with van der Waals surface area (Å²) in [4.78, 5) is 19.5. The monoisotopic (exact) mass is 392 g/mol. The lowest BCUT2D eigenvalue weighted by molar-refractivity contribution is 0.101. The van der Waals surface area contributed by atoms with Gasteiger partial charge < -0.3 is 23.9 Å². The second-order valence-corrected chi connectivity index (χ2v) is 6.27. The van der Waals surface area contributed by atoms with Crippen LogP contribution < -0.4 is 9.47 Å². The fraction of sp³-hybridized carbons (Fsp3) is 0.182. The van der Waals surface area contributed by atoms with Crippen LogP contribution >= 0.6 is 0 Å². The maximum atomic E-state index is 11.9. The summed E-state index contributed by atoms with van der Waals surface area (Å²) in [6.07, 6.45) is 0.812. The summed E-state index contributed by atoms with van der Waals surface area (Å²) < 4.78 is 21.7. The van der Waals surface area contributed by atoms with Gasteiger partial charge >= 0.3 is 6.16 Å². The van der Waals surface area contributed by atoms with Crippen LogP contribution in [-0.4, -0.2) is 29.8 Å². The first-order chi connectivity index (χ1) is 14.2. The van der Waals surface area contributed by atoms with Crippen LogP contribution in [0, 0.1) is 0 Å². The number of carbonyl (C=O) groups excluding carboxylic acids is 1. The number of carbonyl (C=O) groups is 1. The fourth-order valence-corrected chi connectivity index (χ4v) is 3.25. The molecule has 2 heterocycles. The van der Waals surface area contributed by atoms with Gasteiger partial charge in [-0.25, -0.2) is 9.78 Å². The molecule has 0 saturated carbocycles. The molecular formula is C22H20N2O5. The number of benzene rings is 2. The van der Waals surface area contributed by atoms with E-state index in [9.17, 15) is 4.79 Å². The number of methoxy groups -OCH3 is 1. The molecule has 0 saturated heterocycles. The summed E-state index contributed by atoms with van der Waals surface area (Å²) in [5.74, 6) is 1.54. The summed E-state index contributed by atoms with van der Waals surface area (Å²) in [5.41, 5.74) is 2.29. The van der Waals surface area contributed by atoms with Crippen LogP contribution in [0.1, 0.15) is 12.5 Å². The minimum Gasteiger partial charge on any atom is -0.457 e. The van der Waals surface area contributed by atoms with E-state index in [1.807, 2.05) is 48.5 Å². The Labute approximate surface area is 167 Å². The van der Waals surface area contributed by atoms with Crippen LogP contribution in [0.4, 0.5) is 4.79 Å². The van der Waals surface area contributed by atoms with E-state index in [1.54, 1.807) is 20.2 Å². The third-order valence-corrected chi connectivity index (χ3v) is 4.39. The Hall–Kier alpha value is -3.58. The molecule has 0 aliphatic heterocycles. The predicted octanol–water partition coefficient (Wildman–Crippen LogP) is 5.19. The topological polar surface area (TPSA) is 82.7 Å². The SMILES string of the molecule is CCOC(=O)Oc1ncc2[nH]c3cccc(Oc4ccccc4)c3c2c1COC. The lowest BCUT2D eigenvalue weighted by atomic mass is 10.1. The Bertz CT molecular complexity index is 1150. The highest BCUT2D eigenvalue weighted by atomic mass is 16.7. The fourth-order valence-electron chi connectivity index (χ4n) is 3.25. The predicted molar refractivity (Wildman–Crippen MR) is 108 cm³/mol. The third kappa shape index (κ3) is 3.72. The third-order valence-electron chi connectivity index (χ3n) is 4.39. The molecule has 0 bridgehead atoms. The molecule has 4 aromatic rings. The molecular weight excluding hydrogens is 372 g/mol. The minimum atomic E-state index is -0.808. The number of hydrogen-bond acceptors (Lipinski definition) is 6. The molecule has 0 radical (unpaired) electrons. The minimum absolute atomic E-state index is 0.146. The summed E-state index contributed by atoms with van der Waals surface area (Å²) in [6, 6.07) is 15.3. The van der Waals surface area contributed by atoms with E-state index in [4.69, 9.17) is 18.9 Å². The lowest BCUT2D eigenvalue weighted by Gasteiger charge is -2.11. The lowest BCUT2D eigenvalue weighted by Crippen LogP contribution is -2.12. The van der Waals surface area contributed by atoms with Crippen molar-refractivity contribution in [3.63, 3.8) is 0 Å². The molecule has 148 valence electrons. The molecule has 0 atom stereocenters. The summed E-state index contributed by atoms with van der Waals surface area (Å²) >= 11 is 0. The smallest absolute Gasteiger partial charge is 0.457 e. The number of pyridine rings is 1. The molecule has 7 nitrogen and oxygen atoms in total. The number of ether oxygens (including phenoxy) is 4. The quantitative estimate of drug-likeness (QED) is 0.455. The first-order valence-electron chi connectivity index (χ1n) is 9.20. The van der Waals surface area contributed by atoms with Gasteiger partial charge in [0.15, 0.2) is 0 Å². The molecule has 0 spiro atoms. The summed E-state index contributed by atoms with van der Waals surface area (Å²) in [7, 11) is 1.57. The number of hydrogen-bond donors (Lipinski definition) is 1. The normalized spacial score (nSPS) is 11.0. The van der Waals surface area contributed by atoms with Gasteiger partial charge in [-0.1, -0.05) is 24.3 Å². The first-order valence-corrected chi connectivity index (χ1v) is 9.20. The average molecular weight is 392 g/mol. The molecule has 0 aliphatic rings. The van der Waals surface area contributed by atoms with Crippen molar-refractivity contribution in [2.24, 2.45) is 0 Å². The van der Waals surface area contributed by atoms with Gasteiger partial charge in [-0.3, -0.25) is 0 Å². The van der Waals surface area contributed by atoms with E-state index in [-0.39, 0.29) is 19.1 Å². The molecule has 1 N–H and O–H groups in total. The molecule has 0 amide bonds. The van der Waals surface area contributed by atoms with Crippen molar-refractivity contribution >= 4 is 28.0 Å². The summed E-state index contributed by atoms with van der Waals surface area (Å²) in [5, 5.41) is 1.68. The second-order valence-electron chi connectivity index (χ2n) is 6.27. The van der Waals surface area contributed by atoms with Crippen molar-refractivity contribution in [1.29, 1.82) is 0 Å². The Morgan fingerprint density at radius 2 is 1.86 bits per heavy atom. The second kappa shape index (κ2) is 8.20. The Morgan fingerprint density at radius 1 is 1.03 bits per heavy atom. The van der Waals surface area contributed by atoms with E-state index in [0.29, 0.717) is 11.3 Å². The van der Waals surface area contributed by atoms with Crippen molar-refractivity contribution in [2.75, 3.05) is 13.7 Å². The zero-order valence-corrected chi connectivity index (χ0v) is 16.1. The van der Waals surface area contributed by atoms with E-state index in [1.165, 1.54) is 0 Å². The van der Waals surface area contributed by atoms with Crippen molar-refractivity contribution < 1.29 is 23.7 Å². The molecule has 4 rings (SSSR count). The highest BCUT2D eigenvalue weighted by molar-refractivity contribution is 6.12. The van der Waals surface area contributed by atoms with Crippen molar-refractivity contribution in [3.8, 4) is 17.4 Å². The van der Waals surface area contributed by atoms with Crippen molar-refractivity contribution in [2.45, 2.75) is 13.5 Å². The Balaban J connectivity index is 1.90.